The Bertz CT molecular complexity index is 936. The summed E-state index contributed by atoms with van der Waals surface area (Å²) in [5, 5.41) is 12.6. The number of hydrogen-bond acceptors (Lipinski definition) is 5. The quantitative estimate of drug-likeness (QED) is 0.847. The molecular formula is C16H15F3N4O3. The lowest BCUT2D eigenvalue weighted by Gasteiger charge is -2.15. The number of anilines is 1. The van der Waals surface area contributed by atoms with Gasteiger partial charge in [-0.15, -0.1) is 0 Å². The second kappa shape index (κ2) is 6.11. The number of alkyl halides is 3. The first-order chi connectivity index (χ1) is 12.1. The van der Waals surface area contributed by atoms with E-state index in [1.165, 1.54) is 11.6 Å². The van der Waals surface area contributed by atoms with Crippen molar-refractivity contribution in [2.75, 3.05) is 5.32 Å². The van der Waals surface area contributed by atoms with Crippen LogP contribution < -0.4 is 10.9 Å². The summed E-state index contributed by atoms with van der Waals surface area (Å²) in [5.74, 6) is -1.81. The molecule has 2 aromatic rings. The molecule has 2 N–H and O–H groups in total. The minimum absolute atomic E-state index is 0.0225. The van der Waals surface area contributed by atoms with E-state index < -0.39 is 40.5 Å². The van der Waals surface area contributed by atoms with E-state index in [1.54, 1.807) is 0 Å². The van der Waals surface area contributed by atoms with Crippen molar-refractivity contribution in [2.24, 2.45) is 7.05 Å². The molecule has 0 radical (unpaired) electrons. The molecule has 3 rings (SSSR count). The first kappa shape index (κ1) is 17.9. The number of carbonyl (C=O) groups is 1. The molecule has 0 fully saturated rings. The summed E-state index contributed by atoms with van der Waals surface area (Å²) >= 11 is 0. The zero-order valence-corrected chi connectivity index (χ0v) is 13.9. The van der Waals surface area contributed by atoms with E-state index in [9.17, 15) is 27.9 Å². The fraction of sp³-hybridized carbons (Fsp3) is 0.375. The molecule has 1 atom stereocenters. The van der Waals surface area contributed by atoms with E-state index >= 15 is 0 Å². The smallest absolute Gasteiger partial charge is 0.419 e. The summed E-state index contributed by atoms with van der Waals surface area (Å²) < 4.78 is 38.9. The van der Waals surface area contributed by atoms with Crippen LogP contribution in [-0.4, -0.2) is 25.5 Å². The van der Waals surface area contributed by atoms with Gasteiger partial charge in [0, 0.05) is 30.7 Å². The first-order valence-corrected chi connectivity index (χ1v) is 7.76. The van der Waals surface area contributed by atoms with Gasteiger partial charge in [-0.1, -0.05) is 6.92 Å². The number of aromatic hydroxyl groups is 1. The third-order valence-corrected chi connectivity index (χ3v) is 4.46. The van der Waals surface area contributed by atoms with Crippen LogP contribution in [0.5, 0.6) is 5.75 Å². The van der Waals surface area contributed by atoms with Crippen molar-refractivity contribution in [1.29, 1.82) is 0 Å². The Kier molecular flexibility index (Phi) is 4.21. The Balaban J connectivity index is 1.95. The average Bonchev–Trinajstić information content (AvgIpc) is 2.95. The molecule has 2 heterocycles. The Labute approximate surface area is 145 Å². The lowest BCUT2D eigenvalue weighted by molar-refractivity contribution is -0.138. The van der Waals surface area contributed by atoms with Gasteiger partial charge in [-0.25, -0.2) is 9.97 Å². The zero-order valence-electron chi connectivity index (χ0n) is 13.9. The molecular weight excluding hydrogens is 353 g/mol. The molecule has 0 saturated heterocycles. The summed E-state index contributed by atoms with van der Waals surface area (Å²) in [7, 11) is 1.50. The van der Waals surface area contributed by atoms with Crippen LogP contribution in [0.2, 0.25) is 0 Å². The SMILES string of the molecule is C[C@H]1CCc2c1c(O)c(C(=O)Nc1ncc(C(F)(F)F)cn1)c(=O)n2C. The van der Waals surface area contributed by atoms with Crippen molar-refractivity contribution < 1.29 is 23.1 Å². The maximum Gasteiger partial charge on any atom is 0.419 e. The van der Waals surface area contributed by atoms with Crippen LogP contribution in [0.3, 0.4) is 0 Å². The number of rotatable bonds is 2. The van der Waals surface area contributed by atoms with Gasteiger partial charge in [0.1, 0.15) is 11.3 Å². The number of fused-ring (bicyclic) bond motifs is 1. The van der Waals surface area contributed by atoms with E-state index in [4.69, 9.17) is 0 Å². The van der Waals surface area contributed by atoms with E-state index in [1.807, 2.05) is 6.92 Å². The summed E-state index contributed by atoms with van der Waals surface area (Å²) in [4.78, 5) is 31.7. The number of pyridine rings is 1. The van der Waals surface area contributed by atoms with Gasteiger partial charge in [-0.2, -0.15) is 13.2 Å². The molecule has 138 valence electrons. The normalized spacial score (nSPS) is 16.4. The van der Waals surface area contributed by atoms with Gasteiger partial charge >= 0.3 is 6.18 Å². The first-order valence-electron chi connectivity index (χ1n) is 7.76. The molecule has 0 unspecified atom stereocenters. The number of nitrogens with one attached hydrogen (secondary N) is 1. The van der Waals surface area contributed by atoms with Crippen LogP contribution in [0.15, 0.2) is 17.2 Å². The largest absolute Gasteiger partial charge is 0.507 e. The summed E-state index contributed by atoms with van der Waals surface area (Å²) in [6.45, 7) is 1.87. The van der Waals surface area contributed by atoms with Gasteiger partial charge in [0.25, 0.3) is 11.5 Å². The topological polar surface area (TPSA) is 97.1 Å². The van der Waals surface area contributed by atoms with Gasteiger partial charge < -0.3 is 9.67 Å². The number of amides is 1. The van der Waals surface area contributed by atoms with Crippen molar-refractivity contribution in [3.8, 4) is 5.75 Å². The summed E-state index contributed by atoms with van der Waals surface area (Å²) in [5.41, 5.74) is -1.04. The number of carbonyl (C=O) groups excluding carboxylic acids is 1. The van der Waals surface area contributed by atoms with Crippen LogP contribution in [0.25, 0.3) is 0 Å². The predicted molar refractivity (Wildman–Crippen MR) is 85.1 cm³/mol. The monoisotopic (exact) mass is 368 g/mol. The van der Waals surface area contributed by atoms with E-state index in [0.717, 1.165) is 6.42 Å². The fourth-order valence-corrected chi connectivity index (χ4v) is 3.07. The molecule has 0 spiro atoms. The second-order valence-electron chi connectivity index (χ2n) is 6.14. The number of halogens is 3. The molecule has 0 aliphatic heterocycles. The molecule has 1 amide bonds. The van der Waals surface area contributed by atoms with Gasteiger partial charge in [-0.3, -0.25) is 14.9 Å². The minimum atomic E-state index is -4.60. The van der Waals surface area contributed by atoms with Gasteiger partial charge in [0.2, 0.25) is 5.95 Å². The Morgan fingerprint density at radius 2 is 1.96 bits per heavy atom. The van der Waals surface area contributed by atoms with Crippen LogP contribution in [0.4, 0.5) is 19.1 Å². The van der Waals surface area contributed by atoms with E-state index in [-0.39, 0.29) is 5.92 Å². The van der Waals surface area contributed by atoms with Crippen LogP contribution in [0, 0.1) is 0 Å². The van der Waals surface area contributed by atoms with Gasteiger partial charge in [0.15, 0.2) is 0 Å². The van der Waals surface area contributed by atoms with Crippen molar-refractivity contribution in [2.45, 2.75) is 31.9 Å². The maximum atomic E-state index is 12.5. The predicted octanol–water partition coefficient (Wildman–Crippen LogP) is 2.20. The number of hydrogen-bond donors (Lipinski definition) is 2. The fourth-order valence-electron chi connectivity index (χ4n) is 3.07. The maximum absolute atomic E-state index is 12.5. The van der Waals surface area contributed by atoms with Crippen molar-refractivity contribution in [3.63, 3.8) is 0 Å². The third kappa shape index (κ3) is 2.91. The molecule has 0 bridgehead atoms. The van der Waals surface area contributed by atoms with Crippen LogP contribution in [0.1, 0.15) is 46.4 Å². The van der Waals surface area contributed by atoms with Crippen molar-refractivity contribution >= 4 is 11.9 Å². The van der Waals surface area contributed by atoms with E-state index in [0.29, 0.717) is 30.1 Å². The van der Waals surface area contributed by atoms with Crippen LogP contribution in [-0.2, 0) is 19.6 Å². The third-order valence-electron chi connectivity index (χ3n) is 4.46. The Morgan fingerprint density at radius 3 is 2.54 bits per heavy atom. The molecule has 0 saturated carbocycles. The average molecular weight is 368 g/mol. The molecule has 0 aromatic carbocycles. The lowest BCUT2D eigenvalue weighted by atomic mass is 10.0. The summed E-state index contributed by atoms with van der Waals surface area (Å²) in [6.07, 6.45) is -2.22. The van der Waals surface area contributed by atoms with Crippen LogP contribution >= 0.6 is 0 Å². The zero-order chi connectivity index (χ0) is 19.2. The number of nitrogens with zero attached hydrogens (tertiary/aromatic N) is 3. The van der Waals surface area contributed by atoms with Gasteiger partial charge in [-0.05, 0) is 18.8 Å². The Hall–Kier alpha value is -2.91. The molecule has 10 heteroatoms. The van der Waals surface area contributed by atoms with E-state index in [2.05, 4.69) is 15.3 Å². The molecule has 26 heavy (non-hydrogen) atoms. The summed E-state index contributed by atoms with van der Waals surface area (Å²) in [6, 6.07) is 0. The van der Waals surface area contributed by atoms with Gasteiger partial charge in [0.05, 0.1) is 5.56 Å². The molecule has 1 aliphatic rings. The lowest BCUT2D eigenvalue weighted by Crippen LogP contribution is -2.30. The van der Waals surface area contributed by atoms with Crippen molar-refractivity contribution in [1.82, 2.24) is 14.5 Å². The molecule has 1 aliphatic carbocycles. The van der Waals surface area contributed by atoms with Crippen molar-refractivity contribution in [3.05, 3.63) is 45.1 Å². The molecule has 2 aromatic heterocycles. The highest BCUT2D eigenvalue weighted by Crippen LogP contribution is 2.39. The number of aromatic nitrogens is 3. The Morgan fingerprint density at radius 1 is 1.35 bits per heavy atom. The second-order valence-corrected chi connectivity index (χ2v) is 6.14. The minimum Gasteiger partial charge on any atom is -0.507 e. The molecule has 7 nitrogen and oxygen atoms in total. The standard InChI is InChI=1S/C16H15F3N4O3/c1-7-3-4-9-10(7)12(24)11(14(26)23(9)2)13(25)22-15-20-5-8(6-21-15)16(17,18)19/h5-7,24H,3-4H2,1-2H3,(H,20,21,22,25)/t7-/m0/s1. The highest BCUT2D eigenvalue weighted by Gasteiger charge is 2.33. The highest BCUT2D eigenvalue weighted by atomic mass is 19.4. The highest BCUT2D eigenvalue weighted by molar-refractivity contribution is 6.05.